The quantitative estimate of drug-likeness (QED) is 0.645. The Kier molecular flexibility index (Phi) is 7.53. The molecule has 4 fully saturated rings. The summed E-state index contributed by atoms with van der Waals surface area (Å²) >= 11 is 0. The number of hydrogen-bond acceptors (Lipinski definition) is 2. The second-order valence-corrected chi connectivity index (χ2v) is 7.53. The summed E-state index contributed by atoms with van der Waals surface area (Å²) in [4.78, 5) is 2.42. The Morgan fingerprint density at radius 3 is 1.65 bits per heavy atom. The summed E-state index contributed by atoms with van der Waals surface area (Å²) in [5.41, 5.74) is 0.842. The minimum absolute atomic E-state index is 0. The van der Waals surface area contributed by atoms with E-state index in [1.807, 2.05) is 0 Å². The zero-order valence-electron chi connectivity index (χ0n) is 13.3. The first-order valence-corrected chi connectivity index (χ1v) is 8.36. The Balaban J connectivity index is 0.000000151. The summed E-state index contributed by atoms with van der Waals surface area (Å²) in [6, 6.07) is 0. The van der Waals surface area contributed by atoms with Gasteiger partial charge in [-0.3, -0.25) is 0 Å². The number of ether oxygens (including phenoxy) is 1. The van der Waals surface area contributed by atoms with Crippen molar-refractivity contribution in [3.05, 3.63) is 0 Å². The fourth-order valence-electron chi connectivity index (χ4n) is 3.36. The molecule has 2 aliphatic carbocycles. The van der Waals surface area contributed by atoms with Gasteiger partial charge >= 0.3 is 0 Å². The summed E-state index contributed by atoms with van der Waals surface area (Å²) in [7, 11) is 2.21. The maximum atomic E-state index is 5.06. The van der Waals surface area contributed by atoms with Crippen LogP contribution in [0.2, 0.25) is 0 Å². The van der Waals surface area contributed by atoms with Crippen molar-refractivity contribution in [2.75, 3.05) is 33.4 Å². The minimum Gasteiger partial charge on any atom is -0.381 e. The second-order valence-electron chi connectivity index (χ2n) is 7.53. The van der Waals surface area contributed by atoms with Crippen LogP contribution in [0.15, 0.2) is 0 Å². The van der Waals surface area contributed by atoms with Crippen LogP contribution in [-0.4, -0.2) is 38.3 Å². The molecule has 0 aromatic heterocycles. The Hall–Kier alpha value is -0.0800. The average Bonchev–Trinajstić information content (AvgIpc) is 2.72. The van der Waals surface area contributed by atoms with Crippen molar-refractivity contribution in [1.29, 1.82) is 0 Å². The molecule has 0 aromatic carbocycles. The van der Waals surface area contributed by atoms with Gasteiger partial charge in [0.15, 0.2) is 0 Å². The van der Waals surface area contributed by atoms with E-state index in [1.54, 1.807) is 0 Å². The van der Waals surface area contributed by atoms with E-state index in [1.165, 1.54) is 58.0 Å². The molecule has 2 aliphatic heterocycles. The first-order chi connectivity index (χ1) is 9.10. The molecule has 120 valence electrons. The van der Waals surface area contributed by atoms with E-state index in [0.717, 1.165) is 30.5 Å². The molecule has 0 bridgehead atoms. The molecule has 0 amide bonds. The minimum atomic E-state index is 0. The van der Waals surface area contributed by atoms with Gasteiger partial charge in [0, 0.05) is 26.3 Å². The SMILES string of the molecule is C.CC1CCC1.CC1CCOC1.CN1CC2(CCC2)C1. The van der Waals surface area contributed by atoms with Crippen LogP contribution in [0.4, 0.5) is 0 Å². The smallest absolute Gasteiger partial charge is 0.0492 e. The van der Waals surface area contributed by atoms with Crippen molar-refractivity contribution in [3.63, 3.8) is 0 Å². The van der Waals surface area contributed by atoms with Crippen LogP contribution >= 0.6 is 0 Å². The van der Waals surface area contributed by atoms with E-state index in [2.05, 4.69) is 25.8 Å². The normalized spacial score (nSPS) is 30.4. The highest BCUT2D eigenvalue weighted by atomic mass is 16.5. The molecular formula is C18H37NO. The molecule has 2 saturated carbocycles. The van der Waals surface area contributed by atoms with Gasteiger partial charge in [-0.05, 0) is 43.6 Å². The van der Waals surface area contributed by atoms with Gasteiger partial charge in [-0.1, -0.05) is 47.0 Å². The summed E-state index contributed by atoms with van der Waals surface area (Å²) in [6.45, 7) is 9.26. The van der Waals surface area contributed by atoms with E-state index in [-0.39, 0.29) is 7.43 Å². The Morgan fingerprint density at radius 1 is 0.950 bits per heavy atom. The van der Waals surface area contributed by atoms with Gasteiger partial charge in [-0.15, -0.1) is 0 Å². The molecule has 0 radical (unpaired) electrons. The van der Waals surface area contributed by atoms with Crippen molar-refractivity contribution in [1.82, 2.24) is 4.90 Å². The Morgan fingerprint density at radius 2 is 1.55 bits per heavy atom. The van der Waals surface area contributed by atoms with Crippen LogP contribution in [0.3, 0.4) is 0 Å². The van der Waals surface area contributed by atoms with Crippen molar-refractivity contribution in [3.8, 4) is 0 Å². The number of rotatable bonds is 0. The molecule has 0 aromatic rings. The first kappa shape index (κ1) is 18.0. The van der Waals surface area contributed by atoms with Crippen LogP contribution in [-0.2, 0) is 4.74 Å². The maximum absolute atomic E-state index is 5.06. The van der Waals surface area contributed by atoms with Crippen LogP contribution in [0.1, 0.15) is 66.2 Å². The van der Waals surface area contributed by atoms with E-state index in [0.29, 0.717) is 0 Å². The monoisotopic (exact) mass is 283 g/mol. The average molecular weight is 284 g/mol. The predicted octanol–water partition coefficient (Wildman–Crippen LogP) is 4.59. The van der Waals surface area contributed by atoms with Gasteiger partial charge in [-0.25, -0.2) is 0 Å². The van der Waals surface area contributed by atoms with Crippen LogP contribution in [0.25, 0.3) is 0 Å². The third-order valence-electron chi connectivity index (χ3n) is 5.18. The van der Waals surface area contributed by atoms with E-state index in [9.17, 15) is 0 Å². The molecule has 0 N–H and O–H groups in total. The third kappa shape index (κ3) is 5.37. The Bertz CT molecular complexity index is 244. The van der Waals surface area contributed by atoms with Crippen LogP contribution in [0.5, 0.6) is 0 Å². The molecular weight excluding hydrogens is 246 g/mol. The predicted molar refractivity (Wildman–Crippen MR) is 88.1 cm³/mol. The highest BCUT2D eigenvalue weighted by Crippen LogP contribution is 2.47. The highest BCUT2D eigenvalue weighted by Gasteiger charge is 2.45. The summed E-state index contributed by atoms with van der Waals surface area (Å²) < 4.78 is 5.06. The van der Waals surface area contributed by atoms with Gasteiger partial charge in [0.2, 0.25) is 0 Å². The van der Waals surface area contributed by atoms with Crippen molar-refractivity contribution in [2.45, 2.75) is 66.2 Å². The molecule has 2 heterocycles. The second kappa shape index (κ2) is 8.38. The molecule has 4 rings (SSSR count). The van der Waals surface area contributed by atoms with Gasteiger partial charge in [-0.2, -0.15) is 0 Å². The van der Waals surface area contributed by atoms with Gasteiger partial charge in [0.1, 0.15) is 0 Å². The fraction of sp³-hybridized carbons (Fsp3) is 1.00. The summed E-state index contributed by atoms with van der Waals surface area (Å²) in [5, 5.41) is 0. The molecule has 2 nitrogen and oxygen atoms in total. The van der Waals surface area contributed by atoms with Crippen molar-refractivity contribution in [2.24, 2.45) is 17.3 Å². The van der Waals surface area contributed by atoms with Gasteiger partial charge < -0.3 is 9.64 Å². The molecule has 1 atom stereocenters. The fourth-order valence-corrected chi connectivity index (χ4v) is 3.36. The third-order valence-corrected chi connectivity index (χ3v) is 5.18. The first-order valence-electron chi connectivity index (χ1n) is 8.36. The molecule has 1 unspecified atom stereocenters. The van der Waals surface area contributed by atoms with Crippen molar-refractivity contribution < 1.29 is 4.74 Å². The zero-order valence-corrected chi connectivity index (χ0v) is 13.3. The summed E-state index contributed by atoms with van der Waals surface area (Å²) in [5.74, 6) is 1.89. The molecule has 1 spiro atoms. The highest BCUT2D eigenvalue weighted by molar-refractivity contribution is 4.98. The van der Waals surface area contributed by atoms with E-state index < -0.39 is 0 Å². The lowest BCUT2D eigenvalue weighted by atomic mass is 9.64. The lowest BCUT2D eigenvalue weighted by Crippen LogP contribution is -2.57. The van der Waals surface area contributed by atoms with Gasteiger partial charge in [0.25, 0.3) is 0 Å². The topological polar surface area (TPSA) is 12.5 Å². The van der Waals surface area contributed by atoms with Crippen LogP contribution in [0, 0.1) is 17.3 Å². The zero-order chi connectivity index (χ0) is 13.7. The maximum Gasteiger partial charge on any atom is 0.0492 e. The van der Waals surface area contributed by atoms with Crippen LogP contribution < -0.4 is 0 Å². The largest absolute Gasteiger partial charge is 0.381 e. The Labute approximate surface area is 127 Å². The van der Waals surface area contributed by atoms with Gasteiger partial charge in [0.05, 0.1) is 0 Å². The number of nitrogens with zero attached hydrogens (tertiary/aromatic N) is 1. The summed E-state index contributed by atoms with van der Waals surface area (Å²) in [6.07, 6.45) is 10.2. The molecule has 20 heavy (non-hydrogen) atoms. The van der Waals surface area contributed by atoms with E-state index >= 15 is 0 Å². The lowest BCUT2D eigenvalue weighted by Gasteiger charge is -2.54. The number of hydrogen-bond donors (Lipinski definition) is 0. The standard InChI is InChI=1S/C7H13N.C5H10O.C5H10.CH4/c1-8-5-7(6-8)3-2-4-7;1-5-2-3-6-4-5;1-5-3-2-4-5;/h2-6H2,1H3;5H,2-4H2,1H3;5H,2-4H2,1H3;1H4. The van der Waals surface area contributed by atoms with E-state index in [4.69, 9.17) is 4.74 Å². The molecule has 2 saturated heterocycles. The molecule has 2 heteroatoms. The lowest BCUT2D eigenvalue weighted by molar-refractivity contribution is -0.0436. The number of likely N-dealkylation sites (tertiary alicyclic amines) is 1. The van der Waals surface area contributed by atoms with Crippen molar-refractivity contribution >= 4 is 0 Å². The molecule has 4 aliphatic rings.